The highest BCUT2D eigenvalue weighted by molar-refractivity contribution is 6.22. The molecule has 0 bridgehead atoms. The normalized spacial score (nSPS) is 11.8. The third-order valence-electron chi connectivity index (χ3n) is 7.64. The molecule has 0 aliphatic carbocycles. The Balaban J connectivity index is 1.48. The van der Waals surface area contributed by atoms with Crippen molar-refractivity contribution in [1.29, 1.82) is 0 Å². The fourth-order valence-corrected chi connectivity index (χ4v) is 6.02. The molecule has 0 aliphatic rings. The van der Waals surface area contributed by atoms with E-state index in [0.29, 0.717) is 0 Å². The van der Waals surface area contributed by atoms with Crippen LogP contribution in [0.25, 0.3) is 76.5 Å². The summed E-state index contributed by atoms with van der Waals surface area (Å²) in [6, 6.07) is 47.8. The fourth-order valence-electron chi connectivity index (χ4n) is 6.02. The van der Waals surface area contributed by atoms with Crippen molar-refractivity contribution in [3.63, 3.8) is 0 Å². The highest BCUT2D eigenvalue weighted by atomic mass is 16.3. The van der Waals surface area contributed by atoms with E-state index in [-0.39, 0.29) is 0 Å². The maximum Gasteiger partial charge on any atom is 0.143 e. The molecule has 172 valence electrons. The largest absolute Gasteiger partial charge is 0.455 e. The van der Waals surface area contributed by atoms with Crippen molar-refractivity contribution in [2.45, 2.75) is 0 Å². The van der Waals surface area contributed by atoms with E-state index in [9.17, 15) is 0 Å². The summed E-state index contributed by atoms with van der Waals surface area (Å²) in [5.74, 6) is 0. The molecule has 0 N–H and O–H groups in total. The molecular weight excluding hydrogens is 448 g/mol. The van der Waals surface area contributed by atoms with Crippen LogP contribution in [-0.4, -0.2) is 0 Å². The summed E-state index contributed by atoms with van der Waals surface area (Å²) in [5, 5.41) is 9.72. The molecule has 0 atom stereocenters. The quantitative estimate of drug-likeness (QED) is 0.229. The minimum atomic E-state index is 0.921. The molecule has 0 fully saturated rings. The lowest BCUT2D eigenvalue weighted by Gasteiger charge is -2.17. The van der Waals surface area contributed by atoms with E-state index in [4.69, 9.17) is 4.42 Å². The first-order chi connectivity index (χ1) is 18.4. The molecule has 1 aromatic heterocycles. The van der Waals surface area contributed by atoms with Crippen molar-refractivity contribution >= 4 is 54.3 Å². The second-order valence-corrected chi connectivity index (χ2v) is 9.68. The van der Waals surface area contributed by atoms with Crippen molar-refractivity contribution in [2.75, 3.05) is 0 Å². The van der Waals surface area contributed by atoms with Gasteiger partial charge >= 0.3 is 0 Å². The van der Waals surface area contributed by atoms with Crippen LogP contribution in [0, 0.1) is 0 Å². The Morgan fingerprint density at radius 3 is 1.59 bits per heavy atom. The highest BCUT2D eigenvalue weighted by Gasteiger charge is 2.18. The number of hydrogen-bond acceptors (Lipinski definition) is 1. The van der Waals surface area contributed by atoms with Crippen LogP contribution in [0.4, 0.5) is 0 Å². The molecule has 0 spiro atoms. The molecule has 37 heavy (non-hydrogen) atoms. The maximum atomic E-state index is 6.41. The van der Waals surface area contributed by atoms with Gasteiger partial charge < -0.3 is 4.42 Å². The van der Waals surface area contributed by atoms with Gasteiger partial charge in [0.25, 0.3) is 0 Å². The predicted octanol–water partition coefficient (Wildman–Crippen LogP) is 10.4. The van der Waals surface area contributed by atoms with E-state index >= 15 is 0 Å². The van der Waals surface area contributed by atoms with Crippen LogP contribution in [0.15, 0.2) is 138 Å². The summed E-state index contributed by atoms with van der Waals surface area (Å²) in [5.41, 5.74) is 6.88. The zero-order valence-electron chi connectivity index (χ0n) is 20.1. The molecule has 1 nitrogen and oxygen atoms in total. The van der Waals surface area contributed by atoms with Gasteiger partial charge in [0.15, 0.2) is 0 Å². The molecule has 0 amide bonds. The van der Waals surface area contributed by atoms with Crippen LogP contribution in [0.2, 0.25) is 0 Å². The molecule has 0 radical (unpaired) electrons. The minimum Gasteiger partial charge on any atom is -0.455 e. The summed E-state index contributed by atoms with van der Waals surface area (Å²) in [7, 11) is 0. The highest BCUT2D eigenvalue weighted by Crippen LogP contribution is 2.45. The fraction of sp³-hybridized carbons (Fsp3) is 0. The van der Waals surface area contributed by atoms with Crippen molar-refractivity contribution in [3.8, 4) is 22.3 Å². The van der Waals surface area contributed by atoms with E-state index in [0.717, 1.165) is 27.3 Å². The third-order valence-corrected chi connectivity index (χ3v) is 7.64. The van der Waals surface area contributed by atoms with Crippen LogP contribution in [0.1, 0.15) is 0 Å². The van der Waals surface area contributed by atoms with Crippen LogP contribution in [0.5, 0.6) is 0 Å². The van der Waals surface area contributed by atoms with Gasteiger partial charge in [0.05, 0.1) is 0 Å². The minimum absolute atomic E-state index is 0.921. The summed E-state index contributed by atoms with van der Waals surface area (Å²) >= 11 is 0. The summed E-state index contributed by atoms with van der Waals surface area (Å²) in [4.78, 5) is 0. The van der Waals surface area contributed by atoms with Gasteiger partial charge in [-0.1, -0.05) is 115 Å². The average Bonchev–Trinajstić information content (AvgIpc) is 3.35. The van der Waals surface area contributed by atoms with Crippen LogP contribution >= 0.6 is 0 Å². The molecule has 8 aromatic rings. The smallest absolute Gasteiger partial charge is 0.143 e. The van der Waals surface area contributed by atoms with Crippen molar-refractivity contribution in [2.24, 2.45) is 0 Å². The van der Waals surface area contributed by atoms with E-state index < -0.39 is 0 Å². The number of hydrogen-bond donors (Lipinski definition) is 0. The lowest BCUT2D eigenvalue weighted by molar-refractivity contribution is 0.672. The molecule has 0 saturated carbocycles. The van der Waals surface area contributed by atoms with E-state index in [1.807, 2.05) is 0 Å². The molecule has 8 rings (SSSR count). The SMILES string of the molecule is c1ccc(-c2c3ccccc3c(-c3ccc4oc5c6ccccc6ccc5c4c3)c3ccccc23)cc1. The topological polar surface area (TPSA) is 13.1 Å². The monoisotopic (exact) mass is 470 g/mol. The Hall–Kier alpha value is -4.88. The van der Waals surface area contributed by atoms with Gasteiger partial charge in [-0.15, -0.1) is 0 Å². The first-order valence-corrected chi connectivity index (χ1v) is 12.7. The van der Waals surface area contributed by atoms with Gasteiger partial charge in [0.2, 0.25) is 0 Å². The number of fused-ring (bicyclic) bond motifs is 7. The van der Waals surface area contributed by atoms with Gasteiger partial charge in [0.1, 0.15) is 11.2 Å². The lowest BCUT2D eigenvalue weighted by atomic mass is 9.86. The van der Waals surface area contributed by atoms with Gasteiger partial charge in [-0.05, 0) is 67.4 Å². The molecule has 0 saturated heterocycles. The summed E-state index contributed by atoms with van der Waals surface area (Å²) in [6.07, 6.45) is 0. The van der Waals surface area contributed by atoms with Gasteiger partial charge in [-0.3, -0.25) is 0 Å². The van der Waals surface area contributed by atoms with Crippen molar-refractivity contribution in [1.82, 2.24) is 0 Å². The standard InChI is InChI=1S/C36H22O/c1-2-11-24(12-3-1)34-27-14-6-8-16-29(27)35(30-17-9-7-15-28(30)34)25-19-21-33-32(22-25)31-20-18-23-10-4-5-13-26(23)36(31)37-33/h1-22H. The molecule has 0 unspecified atom stereocenters. The Morgan fingerprint density at radius 1 is 0.351 bits per heavy atom. The number of furan rings is 1. The van der Waals surface area contributed by atoms with Gasteiger partial charge in [-0.25, -0.2) is 0 Å². The first kappa shape index (κ1) is 20.3. The van der Waals surface area contributed by atoms with E-state index in [1.165, 1.54) is 49.2 Å². The molecule has 0 aliphatic heterocycles. The number of rotatable bonds is 2. The predicted molar refractivity (Wildman–Crippen MR) is 157 cm³/mol. The van der Waals surface area contributed by atoms with E-state index in [2.05, 4.69) is 133 Å². The molecule has 1 heteroatoms. The second-order valence-electron chi connectivity index (χ2n) is 9.68. The lowest BCUT2D eigenvalue weighted by Crippen LogP contribution is -1.90. The summed E-state index contributed by atoms with van der Waals surface area (Å²) < 4.78 is 6.41. The van der Waals surface area contributed by atoms with Gasteiger partial charge in [-0.2, -0.15) is 0 Å². The van der Waals surface area contributed by atoms with Crippen LogP contribution < -0.4 is 0 Å². The summed E-state index contributed by atoms with van der Waals surface area (Å²) in [6.45, 7) is 0. The molecule has 1 heterocycles. The zero-order valence-corrected chi connectivity index (χ0v) is 20.1. The van der Waals surface area contributed by atoms with Crippen molar-refractivity contribution in [3.05, 3.63) is 133 Å². The third kappa shape index (κ3) is 2.98. The van der Waals surface area contributed by atoms with Crippen molar-refractivity contribution < 1.29 is 4.42 Å². The van der Waals surface area contributed by atoms with Gasteiger partial charge in [0, 0.05) is 16.2 Å². The molecular formula is C36H22O. The number of benzene rings is 7. The Morgan fingerprint density at radius 2 is 0.919 bits per heavy atom. The van der Waals surface area contributed by atoms with Crippen LogP contribution in [-0.2, 0) is 0 Å². The first-order valence-electron chi connectivity index (χ1n) is 12.7. The van der Waals surface area contributed by atoms with E-state index in [1.54, 1.807) is 0 Å². The Labute approximate surface area is 214 Å². The van der Waals surface area contributed by atoms with Crippen LogP contribution in [0.3, 0.4) is 0 Å². The Bertz CT molecular complexity index is 2070. The average molecular weight is 471 g/mol. The molecule has 7 aromatic carbocycles. The zero-order chi connectivity index (χ0) is 24.3. The maximum absolute atomic E-state index is 6.41. The second kappa shape index (κ2) is 7.81. The Kier molecular flexibility index (Phi) is 4.29.